The summed E-state index contributed by atoms with van der Waals surface area (Å²) in [6.07, 6.45) is 8.13. The molecule has 0 saturated heterocycles. The Morgan fingerprint density at radius 2 is 1.97 bits per heavy atom. The molecule has 5 aliphatic rings. The van der Waals surface area contributed by atoms with E-state index < -0.39 is 17.8 Å². The first-order chi connectivity index (χ1) is 14.6. The number of carbonyl (C=O) groups is 2. The van der Waals surface area contributed by atoms with Crippen molar-refractivity contribution in [3.63, 3.8) is 0 Å². The summed E-state index contributed by atoms with van der Waals surface area (Å²) in [6, 6.07) is 0. The summed E-state index contributed by atoms with van der Waals surface area (Å²) in [5.74, 6) is -0.0147. The minimum atomic E-state index is -0.783. The van der Waals surface area contributed by atoms with Gasteiger partial charge in [-0.3, -0.25) is 4.79 Å². The van der Waals surface area contributed by atoms with Gasteiger partial charge < -0.3 is 19.7 Å². The molecule has 5 rings (SSSR count). The SMILES string of the molecule is CC(=O)O[C@@H]1C[C@@]2(C)C(=C[C@H]1O)CC[C@@H]1[C@@H]2CC[C@]2(C)[C@@H](C3=CC(=O)OC3)CC[C@]12O. The van der Waals surface area contributed by atoms with Crippen LogP contribution in [0.1, 0.15) is 65.7 Å². The van der Waals surface area contributed by atoms with Crippen molar-refractivity contribution >= 4 is 11.9 Å². The molecule has 0 aromatic rings. The Morgan fingerprint density at radius 3 is 2.65 bits per heavy atom. The third kappa shape index (κ3) is 2.90. The van der Waals surface area contributed by atoms with Crippen molar-refractivity contribution in [2.24, 2.45) is 28.6 Å². The van der Waals surface area contributed by atoms with Gasteiger partial charge in [0.15, 0.2) is 0 Å². The molecule has 0 bridgehead atoms. The Morgan fingerprint density at radius 1 is 1.19 bits per heavy atom. The molecule has 3 saturated carbocycles. The highest BCUT2D eigenvalue weighted by atomic mass is 16.6. The lowest BCUT2D eigenvalue weighted by Gasteiger charge is -2.62. The topological polar surface area (TPSA) is 93.1 Å². The van der Waals surface area contributed by atoms with Gasteiger partial charge in [-0.15, -0.1) is 0 Å². The molecule has 0 aromatic heterocycles. The van der Waals surface area contributed by atoms with E-state index in [1.165, 1.54) is 12.5 Å². The van der Waals surface area contributed by atoms with E-state index in [1.807, 2.05) is 6.08 Å². The molecule has 0 spiro atoms. The number of esters is 2. The van der Waals surface area contributed by atoms with Crippen LogP contribution in [0.15, 0.2) is 23.3 Å². The molecule has 0 aromatic carbocycles. The lowest BCUT2D eigenvalue weighted by molar-refractivity contribution is -0.188. The van der Waals surface area contributed by atoms with Gasteiger partial charge in [0, 0.05) is 18.4 Å². The molecule has 0 amide bonds. The second kappa shape index (κ2) is 6.92. The fourth-order valence-electron chi connectivity index (χ4n) is 8.21. The monoisotopic (exact) mass is 430 g/mol. The Hall–Kier alpha value is -1.66. The lowest BCUT2D eigenvalue weighted by Crippen LogP contribution is -2.61. The molecule has 0 unspecified atom stereocenters. The molecule has 1 aliphatic heterocycles. The van der Waals surface area contributed by atoms with Crippen LogP contribution in [0.5, 0.6) is 0 Å². The van der Waals surface area contributed by atoms with E-state index in [2.05, 4.69) is 13.8 Å². The van der Waals surface area contributed by atoms with Crippen LogP contribution >= 0.6 is 0 Å². The molecular weight excluding hydrogens is 396 g/mol. The molecule has 170 valence electrons. The van der Waals surface area contributed by atoms with Gasteiger partial charge in [0.2, 0.25) is 0 Å². The minimum absolute atomic E-state index is 0.158. The highest BCUT2D eigenvalue weighted by Gasteiger charge is 2.67. The average Bonchev–Trinajstić information content (AvgIpc) is 3.23. The van der Waals surface area contributed by atoms with Crippen molar-refractivity contribution in [2.45, 2.75) is 83.5 Å². The maximum absolute atomic E-state index is 12.2. The Kier molecular flexibility index (Phi) is 4.73. The van der Waals surface area contributed by atoms with Gasteiger partial charge in [-0.2, -0.15) is 0 Å². The van der Waals surface area contributed by atoms with Crippen LogP contribution in [-0.4, -0.2) is 46.6 Å². The van der Waals surface area contributed by atoms with Gasteiger partial charge in [0.05, 0.1) is 5.60 Å². The molecular formula is C25H34O6. The predicted molar refractivity (Wildman–Crippen MR) is 113 cm³/mol. The number of fused-ring (bicyclic) bond motifs is 5. The molecule has 8 atom stereocenters. The van der Waals surface area contributed by atoms with Gasteiger partial charge in [-0.05, 0) is 73.7 Å². The smallest absolute Gasteiger partial charge is 0.331 e. The zero-order valence-electron chi connectivity index (χ0n) is 18.7. The molecule has 3 fully saturated rings. The number of aliphatic hydroxyl groups excluding tert-OH is 1. The summed E-state index contributed by atoms with van der Waals surface area (Å²) < 4.78 is 10.7. The molecule has 6 heteroatoms. The first-order valence-electron chi connectivity index (χ1n) is 11.7. The summed E-state index contributed by atoms with van der Waals surface area (Å²) >= 11 is 0. The summed E-state index contributed by atoms with van der Waals surface area (Å²) in [4.78, 5) is 23.3. The average molecular weight is 431 g/mol. The van der Waals surface area contributed by atoms with Gasteiger partial charge in [0.1, 0.15) is 18.8 Å². The van der Waals surface area contributed by atoms with Crippen molar-refractivity contribution in [3.8, 4) is 0 Å². The van der Waals surface area contributed by atoms with E-state index >= 15 is 0 Å². The Balaban J connectivity index is 1.47. The number of carbonyl (C=O) groups excluding carboxylic acids is 2. The van der Waals surface area contributed by atoms with Gasteiger partial charge in [0.25, 0.3) is 0 Å². The molecule has 1 heterocycles. The number of cyclic esters (lactones) is 1. The second-order valence-electron chi connectivity index (χ2n) is 11.0. The van der Waals surface area contributed by atoms with E-state index in [0.29, 0.717) is 13.0 Å². The molecule has 2 N–H and O–H groups in total. The molecule has 4 aliphatic carbocycles. The highest BCUT2D eigenvalue weighted by molar-refractivity contribution is 5.85. The lowest BCUT2D eigenvalue weighted by atomic mass is 9.45. The van der Waals surface area contributed by atoms with E-state index in [9.17, 15) is 19.8 Å². The second-order valence-corrected chi connectivity index (χ2v) is 11.0. The normalized spacial score (nSPS) is 48.7. The standard InChI is InChI=1S/C25H34O6/c1-14(26)31-21-12-23(2)16(11-20(21)27)4-5-19-18(23)6-8-24(3)17(7-9-25(19,24)29)15-10-22(28)30-13-15/h10-11,17-21,27,29H,4-9,12-13H2,1-3H3/t17-,18+,19-,20-,21-,23+,24-,25+/m1/s1. The first kappa shape index (κ1) is 21.2. The first-order valence-corrected chi connectivity index (χ1v) is 11.7. The maximum atomic E-state index is 12.2. The van der Waals surface area contributed by atoms with Crippen LogP contribution < -0.4 is 0 Å². The van der Waals surface area contributed by atoms with Crippen LogP contribution in [0.3, 0.4) is 0 Å². The quantitative estimate of drug-likeness (QED) is 0.517. The molecule has 0 radical (unpaired) electrons. The van der Waals surface area contributed by atoms with E-state index in [4.69, 9.17) is 9.47 Å². The Labute approximate surface area is 183 Å². The van der Waals surface area contributed by atoms with E-state index in [-0.39, 0.29) is 40.5 Å². The summed E-state index contributed by atoms with van der Waals surface area (Å²) in [5, 5.41) is 22.8. The summed E-state index contributed by atoms with van der Waals surface area (Å²) in [7, 11) is 0. The van der Waals surface area contributed by atoms with Crippen molar-refractivity contribution < 1.29 is 29.3 Å². The van der Waals surface area contributed by atoms with E-state index in [0.717, 1.165) is 44.1 Å². The number of rotatable bonds is 2. The van der Waals surface area contributed by atoms with Crippen LogP contribution in [-0.2, 0) is 19.1 Å². The number of hydrogen-bond acceptors (Lipinski definition) is 6. The minimum Gasteiger partial charge on any atom is -0.459 e. The zero-order chi connectivity index (χ0) is 22.2. The van der Waals surface area contributed by atoms with Gasteiger partial charge >= 0.3 is 11.9 Å². The van der Waals surface area contributed by atoms with Gasteiger partial charge in [-0.1, -0.05) is 25.5 Å². The van der Waals surface area contributed by atoms with Crippen molar-refractivity contribution in [1.82, 2.24) is 0 Å². The van der Waals surface area contributed by atoms with E-state index in [1.54, 1.807) is 6.08 Å². The number of hydrogen-bond donors (Lipinski definition) is 2. The number of allylic oxidation sites excluding steroid dienone is 1. The third-order valence-corrected chi connectivity index (χ3v) is 9.75. The molecule has 6 nitrogen and oxygen atoms in total. The summed E-state index contributed by atoms with van der Waals surface area (Å²) in [5.41, 5.74) is 1.05. The molecule has 31 heavy (non-hydrogen) atoms. The van der Waals surface area contributed by atoms with Crippen LogP contribution in [0.25, 0.3) is 0 Å². The van der Waals surface area contributed by atoms with Crippen LogP contribution in [0, 0.1) is 28.6 Å². The predicted octanol–water partition coefficient (Wildman–Crippen LogP) is 3.07. The summed E-state index contributed by atoms with van der Waals surface area (Å²) in [6.45, 7) is 6.19. The fourth-order valence-corrected chi connectivity index (χ4v) is 8.21. The Bertz CT molecular complexity index is 875. The van der Waals surface area contributed by atoms with Crippen molar-refractivity contribution in [2.75, 3.05) is 6.61 Å². The van der Waals surface area contributed by atoms with Gasteiger partial charge in [-0.25, -0.2) is 4.79 Å². The zero-order valence-corrected chi connectivity index (χ0v) is 18.7. The number of ether oxygens (including phenoxy) is 2. The maximum Gasteiger partial charge on any atom is 0.331 e. The largest absolute Gasteiger partial charge is 0.459 e. The van der Waals surface area contributed by atoms with Crippen molar-refractivity contribution in [1.29, 1.82) is 0 Å². The van der Waals surface area contributed by atoms with Crippen molar-refractivity contribution in [3.05, 3.63) is 23.3 Å². The van der Waals surface area contributed by atoms with Crippen LogP contribution in [0.2, 0.25) is 0 Å². The van der Waals surface area contributed by atoms with Crippen LogP contribution in [0.4, 0.5) is 0 Å². The highest BCUT2D eigenvalue weighted by Crippen LogP contribution is 2.69. The third-order valence-electron chi connectivity index (χ3n) is 9.75. The fraction of sp³-hybridized carbons (Fsp3) is 0.760. The number of aliphatic hydroxyl groups is 2.